The first-order valence-electron chi connectivity index (χ1n) is 6.93. The van der Waals surface area contributed by atoms with Crippen LogP contribution in [0.15, 0.2) is 18.2 Å². The summed E-state index contributed by atoms with van der Waals surface area (Å²) in [7, 11) is 3.77. The molecule has 6 heteroatoms. The van der Waals surface area contributed by atoms with Crippen molar-refractivity contribution in [2.75, 3.05) is 19.0 Å². The molecule has 0 aliphatic carbocycles. The number of nitrogens with zero attached hydrogens (tertiary/aromatic N) is 2. The first-order valence-corrected chi connectivity index (χ1v) is 6.93. The number of benzene rings is 1. The fourth-order valence-corrected chi connectivity index (χ4v) is 2.97. The third kappa shape index (κ3) is 2.16. The molecule has 6 nitrogen and oxygen atoms in total. The summed E-state index contributed by atoms with van der Waals surface area (Å²) < 4.78 is 0. The molecule has 1 aromatic rings. The SMILES string of the molecule is CN(C)c1cccc2c1C(=O)N(C1CCC(=O)NC1=O)C2. The van der Waals surface area contributed by atoms with Gasteiger partial charge in [0, 0.05) is 32.7 Å². The van der Waals surface area contributed by atoms with E-state index in [2.05, 4.69) is 5.32 Å². The molecule has 3 rings (SSSR count). The number of nitrogens with one attached hydrogen (secondary N) is 1. The third-order valence-corrected chi connectivity index (χ3v) is 4.01. The average molecular weight is 287 g/mol. The van der Waals surface area contributed by atoms with Gasteiger partial charge < -0.3 is 9.80 Å². The molecule has 0 bridgehead atoms. The molecule has 1 fully saturated rings. The maximum absolute atomic E-state index is 12.7. The van der Waals surface area contributed by atoms with Gasteiger partial charge in [-0.05, 0) is 18.1 Å². The normalized spacial score (nSPS) is 21.3. The third-order valence-electron chi connectivity index (χ3n) is 4.01. The van der Waals surface area contributed by atoms with Crippen LogP contribution in [0.25, 0.3) is 0 Å². The van der Waals surface area contributed by atoms with Crippen molar-refractivity contribution < 1.29 is 14.4 Å². The zero-order valence-corrected chi connectivity index (χ0v) is 12.0. The monoisotopic (exact) mass is 287 g/mol. The number of amides is 3. The molecule has 0 radical (unpaired) electrons. The molecule has 1 N–H and O–H groups in total. The highest BCUT2D eigenvalue weighted by Gasteiger charge is 2.40. The lowest BCUT2D eigenvalue weighted by Crippen LogP contribution is -2.52. The maximum atomic E-state index is 12.7. The van der Waals surface area contributed by atoms with Crippen molar-refractivity contribution in [2.24, 2.45) is 0 Å². The predicted molar refractivity (Wildman–Crippen MR) is 76.8 cm³/mol. The number of carbonyl (C=O) groups excluding carboxylic acids is 3. The summed E-state index contributed by atoms with van der Waals surface area (Å²) >= 11 is 0. The Morgan fingerprint density at radius 2 is 2.00 bits per heavy atom. The van der Waals surface area contributed by atoms with Crippen LogP contribution in [0.2, 0.25) is 0 Å². The van der Waals surface area contributed by atoms with E-state index in [0.717, 1.165) is 11.3 Å². The van der Waals surface area contributed by atoms with Gasteiger partial charge in [0.25, 0.3) is 5.91 Å². The Labute approximate surface area is 122 Å². The minimum atomic E-state index is -0.558. The van der Waals surface area contributed by atoms with Crippen LogP contribution in [0.3, 0.4) is 0 Å². The molecular formula is C15H17N3O3. The van der Waals surface area contributed by atoms with Crippen LogP contribution in [-0.2, 0) is 16.1 Å². The Hall–Kier alpha value is -2.37. The molecule has 110 valence electrons. The summed E-state index contributed by atoms with van der Waals surface area (Å²) in [5.41, 5.74) is 2.44. The Morgan fingerprint density at radius 1 is 1.24 bits per heavy atom. The number of hydrogen-bond donors (Lipinski definition) is 1. The summed E-state index contributed by atoms with van der Waals surface area (Å²) in [6.45, 7) is 0.419. The Kier molecular flexibility index (Phi) is 3.16. The molecule has 2 heterocycles. The maximum Gasteiger partial charge on any atom is 0.257 e. The fraction of sp³-hybridized carbons (Fsp3) is 0.400. The van der Waals surface area contributed by atoms with Crippen molar-refractivity contribution in [3.8, 4) is 0 Å². The van der Waals surface area contributed by atoms with E-state index in [1.165, 1.54) is 0 Å². The van der Waals surface area contributed by atoms with Gasteiger partial charge in [-0.2, -0.15) is 0 Å². The predicted octanol–water partition coefficient (Wildman–Crippen LogP) is 0.514. The minimum Gasteiger partial charge on any atom is -0.377 e. The van der Waals surface area contributed by atoms with Crippen LogP contribution in [0.4, 0.5) is 5.69 Å². The van der Waals surface area contributed by atoms with E-state index < -0.39 is 6.04 Å². The molecule has 1 atom stereocenters. The van der Waals surface area contributed by atoms with Gasteiger partial charge in [-0.1, -0.05) is 12.1 Å². The molecular weight excluding hydrogens is 270 g/mol. The summed E-state index contributed by atoms with van der Waals surface area (Å²) in [4.78, 5) is 39.4. The quantitative estimate of drug-likeness (QED) is 0.805. The van der Waals surface area contributed by atoms with Gasteiger partial charge in [-0.3, -0.25) is 19.7 Å². The highest BCUT2D eigenvalue weighted by molar-refractivity contribution is 6.07. The van der Waals surface area contributed by atoms with Gasteiger partial charge in [0.1, 0.15) is 6.04 Å². The lowest BCUT2D eigenvalue weighted by Gasteiger charge is -2.29. The molecule has 0 saturated carbocycles. The average Bonchev–Trinajstić information content (AvgIpc) is 2.76. The van der Waals surface area contributed by atoms with Crippen molar-refractivity contribution in [3.63, 3.8) is 0 Å². The Bertz CT molecular complexity index is 639. The van der Waals surface area contributed by atoms with E-state index in [1.54, 1.807) is 4.90 Å². The van der Waals surface area contributed by atoms with Crippen molar-refractivity contribution in [2.45, 2.75) is 25.4 Å². The van der Waals surface area contributed by atoms with Crippen LogP contribution in [-0.4, -0.2) is 42.8 Å². The highest BCUT2D eigenvalue weighted by atomic mass is 16.2. The van der Waals surface area contributed by atoms with Crippen molar-refractivity contribution in [1.82, 2.24) is 10.2 Å². The standard InChI is InChI=1S/C15H17N3O3/c1-17(2)10-5-3-4-9-8-18(15(21)13(9)10)11-6-7-12(19)16-14(11)20/h3-5,11H,6-8H2,1-2H3,(H,16,19,20). The molecule has 1 aromatic carbocycles. The fourth-order valence-electron chi connectivity index (χ4n) is 2.97. The van der Waals surface area contributed by atoms with Crippen molar-refractivity contribution in [3.05, 3.63) is 29.3 Å². The highest BCUT2D eigenvalue weighted by Crippen LogP contribution is 2.33. The summed E-state index contributed by atoms with van der Waals surface area (Å²) in [5, 5.41) is 2.31. The molecule has 1 saturated heterocycles. The number of piperidine rings is 1. The molecule has 0 aromatic heterocycles. The number of rotatable bonds is 2. The van der Waals surface area contributed by atoms with Gasteiger partial charge in [0.05, 0.1) is 5.56 Å². The summed E-state index contributed by atoms with van der Waals surface area (Å²) in [6, 6.07) is 5.16. The van der Waals surface area contributed by atoms with Crippen LogP contribution in [0, 0.1) is 0 Å². The van der Waals surface area contributed by atoms with Crippen LogP contribution < -0.4 is 10.2 Å². The van der Waals surface area contributed by atoms with Crippen LogP contribution in [0.1, 0.15) is 28.8 Å². The summed E-state index contributed by atoms with van der Waals surface area (Å²) in [6.07, 6.45) is 0.665. The van der Waals surface area contributed by atoms with E-state index in [0.29, 0.717) is 18.5 Å². The molecule has 1 unspecified atom stereocenters. The van der Waals surface area contributed by atoms with Crippen LogP contribution in [0.5, 0.6) is 0 Å². The van der Waals surface area contributed by atoms with Gasteiger partial charge in [0.15, 0.2) is 0 Å². The lowest BCUT2D eigenvalue weighted by atomic mass is 10.0. The van der Waals surface area contributed by atoms with E-state index >= 15 is 0 Å². The number of anilines is 1. The van der Waals surface area contributed by atoms with Gasteiger partial charge in [-0.25, -0.2) is 0 Å². The van der Waals surface area contributed by atoms with Gasteiger partial charge in [-0.15, -0.1) is 0 Å². The zero-order chi connectivity index (χ0) is 15.1. The molecule has 2 aliphatic rings. The van der Waals surface area contributed by atoms with Gasteiger partial charge >= 0.3 is 0 Å². The summed E-state index contributed by atoms with van der Waals surface area (Å²) in [5.74, 6) is -0.781. The second-order valence-electron chi connectivity index (χ2n) is 5.61. The smallest absolute Gasteiger partial charge is 0.257 e. The van der Waals surface area contributed by atoms with Crippen LogP contribution >= 0.6 is 0 Å². The van der Waals surface area contributed by atoms with E-state index in [-0.39, 0.29) is 24.1 Å². The number of carbonyl (C=O) groups is 3. The molecule has 0 spiro atoms. The van der Waals surface area contributed by atoms with Gasteiger partial charge in [0.2, 0.25) is 11.8 Å². The number of imide groups is 1. The Morgan fingerprint density at radius 3 is 2.67 bits per heavy atom. The topological polar surface area (TPSA) is 69.7 Å². The molecule has 2 aliphatic heterocycles. The van der Waals surface area contributed by atoms with E-state index in [9.17, 15) is 14.4 Å². The molecule has 3 amide bonds. The van der Waals surface area contributed by atoms with E-state index in [4.69, 9.17) is 0 Å². The number of fused-ring (bicyclic) bond motifs is 1. The Balaban J connectivity index is 1.92. The molecule has 21 heavy (non-hydrogen) atoms. The first-order chi connectivity index (χ1) is 9.99. The lowest BCUT2D eigenvalue weighted by molar-refractivity contribution is -0.136. The first kappa shape index (κ1) is 13.6. The second kappa shape index (κ2) is 4.87. The van der Waals surface area contributed by atoms with Crippen molar-refractivity contribution >= 4 is 23.4 Å². The largest absolute Gasteiger partial charge is 0.377 e. The second-order valence-corrected chi connectivity index (χ2v) is 5.61. The minimum absolute atomic E-state index is 0.135. The van der Waals surface area contributed by atoms with Crippen molar-refractivity contribution in [1.29, 1.82) is 0 Å². The zero-order valence-electron chi connectivity index (χ0n) is 12.0. The number of hydrogen-bond acceptors (Lipinski definition) is 4. The van der Waals surface area contributed by atoms with E-state index in [1.807, 2.05) is 37.2 Å².